The summed E-state index contributed by atoms with van der Waals surface area (Å²) in [6.07, 6.45) is 0.493. The van der Waals surface area contributed by atoms with Crippen molar-refractivity contribution >= 4 is 5.91 Å². The maximum absolute atomic E-state index is 11.9. The Morgan fingerprint density at radius 2 is 2.21 bits per heavy atom. The second kappa shape index (κ2) is 7.55. The largest absolute Gasteiger partial charge is 0.341 e. The Labute approximate surface area is 115 Å². The minimum absolute atomic E-state index is 0.107. The summed E-state index contributed by atoms with van der Waals surface area (Å²) >= 11 is 0. The van der Waals surface area contributed by atoms with E-state index in [0.717, 1.165) is 5.56 Å². The number of nitrogens with zero attached hydrogens (tertiary/aromatic N) is 2. The molecule has 1 aromatic rings. The van der Waals surface area contributed by atoms with Crippen molar-refractivity contribution in [1.82, 2.24) is 10.2 Å². The standard InChI is InChI=1S/C15H21N3O/c1-12(2)17-8-7-15(19)18(3)11-14-6-4-5-13(9-14)10-16/h4-6,9,12,17H,7-8,11H2,1-3H3. The summed E-state index contributed by atoms with van der Waals surface area (Å²) in [6, 6.07) is 9.84. The normalized spacial score (nSPS) is 10.3. The lowest BCUT2D eigenvalue weighted by atomic mass is 10.1. The van der Waals surface area contributed by atoms with Gasteiger partial charge >= 0.3 is 0 Å². The molecule has 1 N–H and O–H groups in total. The van der Waals surface area contributed by atoms with Crippen LogP contribution in [0.4, 0.5) is 0 Å². The molecule has 0 heterocycles. The van der Waals surface area contributed by atoms with Crippen molar-refractivity contribution in [2.24, 2.45) is 0 Å². The minimum Gasteiger partial charge on any atom is -0.341 e. The summed E-state index contributed by atoms with van der Waals surface area (Å²) in [5, 5.41) is 12.1. The van der Waals surface area contributed by atoms with E-state index in [2.05, 4.69) is 25.2 Å². The van der Waals surface area contributed by atoms with Gasteiger partial charge in [-0.2, -0.15) is 5.26 Å². The number of hydrogen-bond donors (Lipinski definition) is 1. The smallest absolute Gasteiger partial charge is 0.223 e. The van der Waals surface area contributed by atoms with Gasteiger partial charge in [0.1, 0.15) is 0 Å². The van der Waals surface area contributed by atoms with E-state index in [9.17, 15) is 4.79 Å². The average Bonchev–Trinajstić information content (AvgIpc) is 2.38. The number of nitrogens with one attached hydrogen (secondary N) is 1. The van der Waals surface area contributed by atoms with Crippen LogP contribution in [0.5, 0.6) is 0 Å². The lowest BCUT2D eigenvalue weighted by Gasteiger charge is -2.18. The van der Waals surface area contributed by atoms with Crippen molar-refractivity contribution < 1.29 is 4.79 Å². The first-order chi connectivity index (χ1) is 9.02. The van der Waals surface area contributed by atoms with Crippen molar-refractivity contribution in [3.63, 3.8) is 0 Å². The molecular formula is C15H21N3O. The summed E-state index contributed by atoms with van der Waals surface area (Å²) in [5.41, 5.74) is 1.60. The zero-order chi connectivity index (χ0) is 14.3. The third-order valence-corrected chi connectivity index (χ3v) is 2.79. The molecule has 0 saturated carbocycles. The molecule has 1 amide bonds. The van der Waals surface area contributed by atoms with Crippen LogP contribution in [0.3, 0.4) is 0 Å². The highest BCUT2D eigenvalue weighted by Crippen LogP contribution is 2.07. The van der Waals surface area contributed by atoms with Gasteiger partial charge in [-0.1, -0.05) is 26.0 Å². The molecule has 1 rings (SSSR count). The number of hydrogen-bond acceptors (Lipinski definition) is 3. The monoisotopic (exact) mass is 259 g/mol. The van der Waals surface area contributed by atoms with Crippen molar-refractivity contribution in [2.45, 2.75) is 32.9 Å². The minimum atomic E-state index is 0.107. The molecule has 0 aliphatic heterocycles. The number of rotatable bonds is 6. The summed E-state index contributed by atoms with van der Waals surface area (Å²) in [7, 11) is 1.79. The van der Waals surface area contributed by atoms with Gasteiger partial charge in [-0.05, 0) is 17.7 Å². The topological polar surface area (TPSA) is 56.1 Å². The van der Waals surface area contributed by atoms with E-state index >= 15 is 0 Å². The lowest BCUT2D eigenvalue weighted by Crippen LogP contribution is -2.31. The number of carbonyl (C=O) groups excluding carboxylic acids is 1. The molecule has 0 spiro atoms. The number of carbonyl (C=O) groups is 1. The molecular weight excluding hydrogens is 238 g/mol. The maximum Gasteiger partial charge on any atom is 0.223 e. The highest BCUT2D eigenvalue weighted by molar-refractivity contribution is 5.76. The number of benzene rings is 1. The highest BCUT2D eigenvalue weighted by Gasteiger charge is 2.09. The van der Waals surface area contributed by atoms with E-state index in [1.807, 2.05) is 18.2 Å². The van der Waals surface area contributed by atoms with Crippen molar-refractivity contribution in [3.05, 3.63) is 35.4 Å². The van der Waals surface area contributed by atoms with Crippen LogP contribution in [0.1, 0.15) is 31.4 Å². The summed E-state index contributed by atoms with van der Waals surface area (Å²) in [4.78, 5) is 13.6. The molecule has 102 valence electrons. The molecule has 0 bridgehead atoms. The molecule has 0 atom stereocenters. The summed E-state index contributed by atoms with van der Waals surface area (Å²) in [5.74, 6) is 0.107. The van der Waals surface area contributed by atoms with Gasteiger partial charge in [0, 0.05) is 32.6 Å². The molecule has 1 aromatic carbocycles. The Morgan fingerprint density at radius 1 is 1.47 bits per heavy atom. The molecule has 0 unspecified atom stereocenters. The Morgan fingerprint density at radius 3 is 2.84 bits per heavy atom. The Bertz CT molecular complexity index is 463. The SMILES string of the molecule is CC(C)NCCC(=O)N(C)Cc1cccc(C#N)c1. The van der Waals surface area contributed by atoms with Crippen molar-refractivity contribution in [1.29, 1.82) is 5.26 Å². The van der Waals surface area contributed by atoms with Gasteiger partial charge in [-0.3, -0.25) is 4.79 Å². The van der Waals surface area contributed by atoms with E-state index in [-0.39, 0.29) is 5.91 Å². The third kappa shape index (κ3) is 5.54. The van der Waals surface area contributed by atoms with Crippen LogP contribution >= 0.6 is 0 Å². The molecule has 0 radical (unpaired) electrons. The summed E-state index contributed by atoms with van der Waals surface area (Å²) < 4.78 is 0. The van der Waals surface area contributed by atoms with E-state index in [4.69, 9.17) is 5.26 Å². The quantitative estimate of drug-likeness (QED) is 0.849. The van der Waals surface area contributed by atoms with E-state index in [1.165, 1.54) is 0 Å². The molecule has 19 heavy (non-hydrogen) atoms. The third-order valence-electron chi connectivity index (χ3n) is 2.79. The Balaban J connectivity index is 2.47. The van der Waals surface area contributed by atoms with Gasteiger partial charge in [0.15, 0.2) is 0 Å². The molecule has 0 aliphatic rings. The first-order valence-corrected chi connectivity index (χ1v) is 6.49. The molecule has 0 saturated heterocycles. The van der Waals surface area contributed by atoms with Gasteiger partial charge in [0.2, 0.25) is 5.91 Å². The second-order valence-corrected chi connectivity index (χ2v) is 4.92. The fourth-order valence-corrected chi connectivity index (χ4v) is 1.76. The van der Waals surface area contributed by atoms with E-state index in [0.29, 0.717) is 31.1 Å². The number of nitriles is 1. The predicted molar refractivity (Wildman–Crippen MR) is 75.4 cm³/mol. The lowest BCUT2D eigenvalue weighted by molar-refractivity contribution is -0.130. The zero-order valence-electron chi connectivity index (χ0n) is 11.8. The average molecular weight is 259 g/mol. The molecule has 0 fully saturated rings. The first kappa shape index (κ1) is 15.2. The van der Waals surface area contributed by atoms with Gasteiger partial charge < -0.3 is 10.2 Å². The van der Waals surface area contributed by atoms with Crippen LogP contribution in [-0.4, -0.2) is 30.4 Å². The fourth-order valence-electron chi connectivity index (χ4n) is 1.76. The highest BCUT2D eigenvalue weighted by atomic mass is 16.2. The maximum atomic E-state index is 11.9. The predicted octanol–water partition coefficient (Wildman–Crippen LogP) is 1.90. The van der Waals surface area contributed by atoms with Crippen LogP contribution in [0.15, 0.2) is 24.3 Å². The molecule has 4 nitrogen and oxygen atoms in total. The fraction of sp³-hybridized carbons (Fsp3) is 0.467. The van der Waals surface area contributed by atoms with Gasteiger partial charge in [-0.15, -0.1) is 0 Å². The van der Waals surface area contributed by atoms with Gasteiger partial charge in [0.05, 0.1) is 11.6 Å². The number of amides is 1. The molecule has 0 aromatic heterocycles. The molecule has 0 aliphatic carbocycles. The summed E-state index contributed by atoms with van der Waals surface area (Å²) in [6.45, 7) is 5.35. The van der Waals surface area contributed by atoms with Gasteiger partial charge in [0.25, 0.3) is 0 Å². The second-order valence-electron chi connectivity index (χ2n) is 4.92. The van der Waals surface area contributed by atoms with Crippen LogP contribution in [0.25, 0.3) is 0 Å². The Kier molecular flexibility index (Phi) is 6.04. The van der Waals surface area contributed by atoms with Crippen molar-refractivity contribution in [2.75, 3.05) is 13.6 Å². The zero-order valence-corrected chi connectivity index (χ0v) is 11.8. The van der Waals surface area contributed by atoms with Gasteiger partial charge in [-0.25, -0.2) is 0 Å². The van der Waals surface area contributed by atoms with Crippen LogP contribution < -0.4 is 5.32 Å². The van der Waals surface area contributed by atoms with Crippen LogP contribution in [-0.2, 0) is 11.3 Å². The van der Waals surface area contributed by atoms with Crippen LogP contribution in [0.2, 0.25) is 0 Å². The van der Waals surface area contributed by atoms with Crippen LogP contribution in [0, 0.1) is 11.3 Å². The molecule has 4 heteroatoms. The van der Waals surface area contributed by atoms with E-state index < -0.39 is 0 Å². The Hall–Kier alpha value is -1.86. The van der Waals surface area contributed by atoms with E-state index in [1.54, 1.807) is 18.0 Å². The van der Waals surface area contributed by atoms with Crippen molar-refractivity contribution in [3.8, 4) is 6.07 Å². The first-order valence-electron chi connectivity index (χ1n) is 6.49.